The smallest absolute Gasteiger partial charge is 0.264 e. The topological polar surface area (TPSA) is 105 Å². The molecule has 0 heterocycles. The van der Waals surface area contributed by atoms with Crippen LogP contribution in [0.15, 0.2) is 77.7 Å². The normalized spacial score (nSPS) is 14.4. The van der Waals surface area contributed by atoms with Crippen LogP contribution in [0.5, 0.6) is 11.5 Å². The first-order valence-corrected chi connectivity index (χ1v) is 15.7. The molecule has 0 bridgehead atoms. The van der Waals surface area contributed by atoms with Crippen molar-refractivity contribution in [1.82, 2.24) is 10.2 Å². The van der Waals surface area contributed by atoms with Gasteiger partial charge in [-0.3, -0.25) is 13.9 Å². The molecule has 230 valence electrons. The van der Waals surface area contributed by atoms with Gasteiger partial charge in [0.2, 0.25) is 11.8 Å². The maximum atomic E-state index is 14.1. The fourth-order valence-electron chi connectivity index (χ4n) is 5.16. The standard InChI is InChI=1S/C32H38FN3O6S/c1-23(32(38)34-26-9-5-4-6-10-26)35(21-24-13-15-25(33)16-14-24)31(37)22-36(29-11-7-8-12-30(29)42-3)43(39,40)28-19-17-27(41-2)18-20-28/h7-8,11-20,23,26H,4-6,9-10,21-22H2,1-3H3,(H,34,38)/t23-/m0/s1. The monoisotopic (exact) mass is 611 g/mol. The second kappa shape index (κ2) is 14.4. The quantitative estimate of drug-likeness (QED) is 0.312. The summed E-state index contributed by atoms with van der Waals surface area (Å²) in [6.07, 6.45) is 4.90. The lowest BCUT2D eigenvalue weighted by molar-refractivity contribution is -0.139. The zero-order valence-corrected chi connectivity index (χ0v) is 25.5. The number of hydrogen-bond acceptors (Lipinski definition) is 6. The van der Waals surface area contributed by atoms with Crippen LogP contribution in [-0.4, -0.2) is 58.0 Å². The van der Waals surface area contributed by atoms with Gasteiger partial charge >= 0.3 is 0 Å². The molecule has 4 rings (SSSR count). The zero-order valence-electron chi connectivity index (χ0n) is 24.7. The number of nitrogens with one attached hydrogen (secondary N) is 1. The summed E-state index contributed by atoms with van der Waals surface area (Å²) < 4.78 is 53.4. The van der Waals surface area contributed by atoms with E-state index in [1.807, 2.05) is 0 Å². The van der Waals surface area contributed by atoms with Crippen LogP contribution in [0.3, 0.4) is 0 Å². The molecule has 0 radical (unpaired) electrons. The van der Waals surface area contributed by atoms with Gasteiger partial charge in [-0.05, 0) is 73.9 Å². The minimum Gasteiger partial charge on any atom is -0.497 e. The van der Waals surface area contributed by atoms with E-state index in [0.29, 0.717) is 11.3 Å². The highest BCUT2D eigenvalue weighted by molar-refractivity contribution is 7.92. The summed E-state index contributed by atoms with van der Waals surface area (Å²) in [7, 11) is -1.40. The van der Waals surface area contributed by atoms with Crippen LogP contribution in [0.25, 0.3) is 0 Å². The highest BCUT2D eigenvalue weighted by Gasteiger charge is 2.34. The Morgan fingerprint density at radius 3 is 2.21 bits per heavy atom. The van der Waals surface area contributed by atoms with E-state index in [1.165, 1.54) is 67.7 Å². The molecule has 1 N–H and O–H groups in total. The van der Waals surface area contributed by atoms with Crippen molar-refractivity contribution in [3.05, 3.63) is 84.2 Å². The number of amides is 2. The van der Waals surface area contributed by atoms with Crippen LogP contribution in [0, 0.1) is 5.82 Å². The van der Waals surface area contributed by atoms with Gasteiger partial charge in [-0.15, -0.1) is 0 Å². The number of para-hydroxylation sites is 2. The number of carbonyl (C=O) groups excluding carboxylic acids is 2. The van der Waals surface area contributed by atoms with E-state index in [0.717, 1.165) is 36.4 Å². The number of halogens is 1. The van der Waals surface area contributed by atoms with Crippen LogP contribution in [-0.2, 0) is 26.2 Å². The van der Waals surface area contributed by atoms with Gasteiger partial charge in [0.1, 0.15) is 29.9 Å². The number of nitrogens with zero attached hydrogens (tertiary/aromatic N) is 2. The zero-order chi connectivity index (χ0) is 31.0. The van der Waals surface area contributed by atoms with Crippen molar-refractivity contribution in [2.24, 2.45) is 0 Å². The Labute approximate surface area is 252 Å². The van der Waals surface area contributed by atoms with Crippen molar-refractivity contribution in [3.63, 3.8) is 0 Å². The number of ether oxygens (including phenoxy) is 2. The van der Waals surface area contributed by atoms with Crippen LogP contribution in [0.1, 0.15) is 44.6 Å². The third-order valence-corrected chi connectivity index (χ3v) is 9.44. The Morgan fingerprint density at radius 1 is 0.930 bits per heavy atom. The lowest BCUT2D eigenvalue weighted by Gasteiger charge is -2.33. The molecule has 0 aromatic heterocycles. The van der Waals surface area contributed by atoms with E-state index in [9.17, 15) is 22.4 Å². The molecular formula is C32H38FN3O6S. The SMILES string of the molecule is COc1ccc(S(=O)(=O)N(CC(=O)N(Cc2ccc(F)cc2)[C@@H](C)C(=O)NC2CCCCC2)c2ccccc2OC)cc1. The maximum absolute atomic E-state index is 14.1. The molecule has 9 nitrogen and oxygen atoms in total. The lowest BCUT2D eigenvalue weighted by atomic mass is 9.95. The van der Waals surface area contributed by atoms with Crippen LogP contribution >= 0.6 is 0 Å². The van der Waals surface area contributed by atoms with Gasteiger partial charge in [-0.25, -0.2) is 12.8 Å². The predicted molar refractivity (Wildman–Crippen MR) is 162 cm³/mol. The Balaban J connectivity index is 1.70. The third kappa shape index (κ3) is 7.84. The summed E-state index contributed by atoms with van der Waals surface area (Å²) in [5.41, 5.74) is 0.754. The summed E-state index contributed by atoms with van der Waals surface area (Å²) in [5.74, 6) is -0.650. The molecule has 2 amide bonds. The first-order chi connectivity index (χ1) is 20.6. The molecule has 0 saturated heterocycles. The lowest BCUT2D eigenvalue weighted by Crippen LogP contribution is -2.53. The number of rotatable bonds is 12. The van der Waals surface area contributed by atoms with Gasteiger partial charge in [0.25, 0.3) is 10.0 Å². The fraction of sp³-hybridized carbons (Fsp3) is 0.375. The van der Waals surface area contributed by atoms with E-state index in [4.69, 9.17) is 9.47 Å². The highest BCUT2D eigenvalue weighted by Crippen LogP contribution is 2.33. The Hall–Kier alpha value is -4.12. The van der Waals surface area contributed by atoms with E-state index < -0.39 is 34.3 Å². The second-order valence-electron chi connectivity index (χ2n) is 10.5. The molecule has 1 aliphatic carbocycles. The van der Waals surface area contributed by atoms with Gasteiger partial charge in [0, 0.05) is 12.6 Å². The third-order valence-electron chi connectivity index (χ3n) is 7.67. The average molecular weight is 612 g/mol. The molecule has 1 saturated carbocycles. The minimum atomic E-state index is -4.29. The van der Waals surface area contributed by atoms with Crippen molar-refractivity contribution in [2.75, 3.05) is 25.1 Å². The molecule has 11 heteroatoms. The first-order valence-electron chi connectivity index (χ1n) is 14.3. The van der Waals surface area contributed by atoms with Crippen molar-refractivity contribution < 1.29 is 31.9 Å². The number of methoxy groups -OCH3 is 2. The van der Waals surface area contributed by atoms with Gasteiger partial charge in [-0.2, -0.15) is 0 Å². The number of anilines is 1. The van der Waals surface area contributed by atoms with Gasteiger partial charge in [0.05, 0.1) is 24.8 Å². The summed E-state index contributed by atoms with van der Waals surface area (Å²) in [5, 5.41) is 3.06. The summed E-state index contributed by atoms with van der Waals surface area (Å²) in [6.45, 7) is 0.975. The number of benzene rings is 3. The number of sulfonamides is 1. The summed E-state index contributed by atoms with van der Waals surface area (Å²) in [4.78, 5) is 28.8. The van der Waals surface area contributed by atoms with Crippen molar-refractivity contribution in [1.29, 1.82) is 0 Å². The Kier molecular flexibility index (Phi) is 10.6. The molecular weight excluding hydrogens is 573 g/mol. The molecule has 3 aromatic carbocycles. The first kappa shape index (κ1) is 31.8. The van der Waals surface area contributed by atoms with Crippen LogP contribution in [0.4, 0.5) is 10.1 Å². The molecule has 43 heavy (non-hydrogen) atoms. The Bertz CT molecular complexity index is 1490. The van der Waals surface area contributed by atoms with E-state index in [1.54, 1.807) is 31.2 Å². The van der Waals surface area contributed by atoms with Crippen LogP contribution in [0.2, 0.25) is 0 Å². The van der Waals surface area contributed by atoms with E-state index in [-0.39, 0.29) is 34.8 Å². The number of carbonyl (C=O) groups is 2. The summed E-state index contributed by atoms with van der Waals surface area (Å²) in [6, 6.07) is 17.1. The summed E-state index contributed by atoms with van der Waals surface area (Å²) >= 11 is 0. The molecule has 3 aromatic rings. The average Bonchev–Trinajstić information content (AvgIpc) is 3.03. The molecule has 1 aliphatic rings. The van der Waals surface area contributed by atoms with E-state index >= 15 is 0 Å². The largest absolute Gasteiger partial charge is 0.497 e. The molecule has 0 unspecified atom stereocenters. The van der Waals surface area contributed by atoms with Gasteiger partial charge in [0.15, 0.2) is 0 Å². The van der Waals surface area contributed by atoms with Gasteiger partial charge < -0.3 is 19.7 Å². The highest BCUT2D eigenvalue weighted by atomic mass is 32.2. The number of hydrogen-bond donors (Lipinski definition) is 1. The fourth-order valence-corrected chi connectivity index (χ4v) is 6.59. The molecule has 1 fully saturated rings. The van der Waals surface area contributed by atoms with Crippen molar-refractivity contribution in [3.8, 4) is 11.5 Å². The van der Waals surface area contributed by atoms with Crippen molar-refractivity contribution >= 4 is 27.5 Å². The van der Waals surface area contributed by atoms with E-state index in [2.05, 4.69) is 5.32 Å². The molecule has 0 aliphatic heterocycles. The van der Waals surface area contributed by atoms with Crippen molar-refractivity contribution in [2.45, 2.75) is 62.6 Å². The molecule has 1 atom stereocenters. The second-order valence-corrected chi connectivity index (χ2v) is 12.4. The predicted octanol–water partition coefficient (Wildman–Crippen LogP) is 4.90. The molecule has 0 spiro atoms. The Morgan fingerprint density at radius 2 is 1.58 bits per heavy atom. The maximum Gasteiger partial charge on any atom is 0.264 e. The minimum absolute atomic E-state index is 0.0204. The van der Waals surface area contributed by atoms with Crippen LogP contribution < -0.4 is 19.1 Å². The van der Waals surface area contributed by atoms with Gasteiger partial charge in [-0.1, -0.05) is 43.5 Å².